The summed E-state index contributed by atoms with van der Waals surface area (Å²) < 4.78 is 39.9. The molecule has 1 aliphatic rings. The van der Waals surface area contributed by atoms with E-state index in [0.29, 0.717) is 17.9 Å². The van der Waals surface area contributed by atoms with Gasteiger partial charge in [0.15, 0.2) is 0 Å². The summed E-state index contributed by atoms with van der Waals surface area (Å²) in [7, 11) is 0. The fraction of sp³-hybridized carbons (Fsp3) is 0.150. The van der Waals surface area contributed by atoms with Crippen molar-refractivity contribution in [2.75, 3.05) is 0 Å². The molecule has 0 aliphatic carbocycles. The highest BCUT2D eigenvalue weighted by Gasteiger charge is 2.29. The number of aryl methyl sites for hydroxylation is 2. The van der Waals surface area contributed by atoms with Gasteiger partial charge in [0.05, 0.1) is 27.8 Å². The molecule has 0 radical (unpaired) electrons. The number of imide groups is 1. The predicted molar refractivity (Wildman–Crippen MR) is 104 cm³/mol. The van der Waals surface area contributed by atoms with Crippen LogP contribution < -0.4 is 5.32 Å². The maximum Gasteiger partial charge on any atom is 0.416 e. The summed E-state index contributed by atoms with van der Waals surface area (Å²) in [4.78, 5) is 27.7. The van der Waals surface area contributed by atoms with Crippen LogP contribution in [0.5, 0.6) is 0 Å². The Kier molecular flexibility index (Phi) is 4.91. The fourth-order valence-electron chi connectivity index (χ4n) is 3.02. The van der Waals surface area contributed by atoms with E-state index in [4.69, 9.17) is 0 Å². The molecule has 1 aromatic heterocycles. The zero-order valence-electron chi connectivity index (χ0n) is 14.9. The number of hydrogen-bond donors (Lipinski definition) is 1. The molecule has 29 heavy (non-hydrogen) atoms. The summed E-state index contributed by atoms with van der Waals surface area (Å²) in [6, 6.07) is 10.6. The largest absolute Gasteiger partial charge is 0.416 e. The second-order valence-electron chi connectivity index (χ2n) is 6.48. The quantitative estimate of drug-likeness (QED) is 0.629. The molecule has 0 unspecified atom stereocenters. The Morgan fingerprint density at radius 2 is 1.86 bits per heavy atom. The monoisotopic (exact) mass is 417 g/mol. The highest BCUT2D eigenvalue weighted by Crippen LogP contribution is 2.29. The van der Waals surface area contributed by atoms with E-state index in [1.165, 1.54) is 12.1 Å². The lowest BCUT2D eigenvalue weighted by Crippen LogP contribution is -2.17. The molecule has 0 bridgehead atoms. The van der Waals surface area contributed by atoms with Crippen LogP contribution in [-0.4, -0.2) is 20.7 Å². The standard InChI is InChI=1S/C20H14F3N3O2S/c21-20(22,23)14-4-1-12(2-5-14)7-8-26-11-24-15-6-3-13(9-16(15)26)10-17-18(27)25-19(28)29-17/h1-6,9-11H,7-8H2,(H,25,27,28). The minimum Gasteiger partial charge on any atom is -0.330 e. The van der Waals surface area contributed by atoms with E-state index >= 15 is 0 Å². The summed E-state index contributed by atoms with van der Waals surface area (Å²) >= 11 is 0.850. The average Bonchev–Trinajstić information content (AvgIpc) is 3.21. The molecule has 1 N–H and O–H groups in total. The minimum absolute atomic E-state index is 0.324. The molecule has 2 amide bonds. The van der Waals surface area contributed by atoms with Crippen LogP contribution in [0, 0.1) is 0 Å². The first-order valence-electron chi connectivity index (χ1n) is 8.65. The van der Waals surface area contributed by atoms with Crippen LogP contribution >= 0.6 is 11.8 Å². The van der Waals surface area contributed by atoms with E-state index < -0.39 is 22.9 Å². The van der Waals surface area contributed by atoms with Gasteiger partial charge in [-0.25, -0.2) is 4.98 Å². The summed E-state index contributed by atoms with van der Waals surface area (Å²) in [5.74, 6) is -0.420. The third kappa shape index (κ3) is 4.19. The number of carbonyl (C=O) groups excluding carboxylic acids is 2. The summed E-state index contributed by atoms with van der Waals surface area (Å²) in [6.45, 7) is 0.537. The molecule has 1 saturated heterocycles. The number of hydrogen-bond acceptors (Lipinski definition) is 4. The van der Waals surface area contributed by atoms with Gasteiger partial charge in [0.1, 0.15) is 0 Å². The lowest BCUT2D eigenvalue weighted by Gasteiger charge is -2.08. The van der Waals surface area contributed by atoms with Crippen molar-refractivity contribution >= 4 is 40.0 Å². The number of thioether (sulfide) groups is 1. The fourth-order valence-corrected chi connectivity index (χ4v) is 3.71. The number of rotatable bonds is 4. The van der Waals surface area contributed by atoms with E-state index in [2.05, 4.69) is 10.3 Å². The number of nitrogens with zero attached hydrogens (tertiary/aromatic N) is 2. The van der Waals surface area contributed by atoms with Crippen molar-refractivity contribution in [1.29, 1.82) is 0 Å². The number of halogens is 3. The van der Waals surface area contributed by atoms with Gasteiger partial charge in [0, 0.05) is 6.54 Å². The van der Waals surface area contributed by atoms with Gasteiger partial charge in [-0.3, -0.25) is 14.9 Å². The number of amides is 2. The van der Waals surface area contributed by atoms with Crippen LogP contribution in [0.25, 0.3) is 17.1 Å². The maximum atomic E-state index is 12.7. The van der Waals surface area contributed by atoms with Crippen LogP contribution in [0.3, 0.4) is 0 Å². The van der Waals surface area contributed by atoms with Gasteiger partial charge < -0.3 is 4.57 Å². The van der Waals surface area contributed by atoms with E-state index in [1.54, 1.807) is 18.5 Å². The van der Waals surface area contributed by atoms with Crippen molar-refractivity contribution in [2.45, 2.75) is 19.1 Å². The first-order valence-corrected chi connectivity index (χ1v) is 9.47. The van der Waals surface area contributed by atoms with Gasteiger partial charge in [0.25, 0.3) is 11.1 Å². The number of benzene rings is 2. The lowest BCUT2D eigenvalue weighted by atomic mass is 10.1. The summed E-state index contributed by atoms with van der Waals surface area (Å²) in [5.41, 5.74) is 2.47. The molecule has 1 fully saturated rings. The zero-order chi connectivity index (χ0) is 20.6. The van der Waals surface area contributed by atoms with Gasteiger partial charge in [-0.1, -0.05) is 18.2 Å². The van der Waals surface area contributed by atoms with Crippen molar-refractivity contribution in [3.05, 3.63) is 70.4 Å². The molecule has 148 valence electrons. The Bertz CT molecular complexity index is 1130. The molecule has 0 spiro atoms. The topological polar surface area (TPSA) is 64.0 Å². The third-order valence-corrected chi connectivity index (χ3v) is 5.32. The van der Waals surface area contributed by atoms with E-state index in [1.807, 2.05) is 16.7 Å². The highest BCUT2D eigenvalue weighted by atomic mass is 32.2. The van der Waals surface area contributed by atoms with Crippen LogP contribution in [0.4, 0.5) is 18.0 Å². The zero-order valence-corrected chi connectivity index (χ0v) is 15.7. The Labute approximate surface area is 167 Å². The van der Waals surface area contributed by atoms with Crippen LogP contribution in [0.2, 0.25) is 0 Å². The van der Waals surface area contributed by atoms with Gasteiger partial charge >= 0.3 is 6.18 Å². The molecular weight excluding hydrogens is 403 g/mol. The van der Waals surface area contributed by atoms with Crippen LogP contribution in [-0.2, 0) is 23.9 Å². The van der Waals surface area contributed by atoms with Crippen molar-refractivity contribution in [2.24, 2.45) is 0 Å². The third-order valence-electron chi connectivity index (χ3n) is 4.51. The Balaban J connectivity index is 1.53. The number of alkyl halides is 3. The van der Waals surface area contributed by atoms with Crippen LogP contribution in [0.15, 0.2) is 53.7 Å². The number of fused-ring (bicyclic) bond motifs is 1. The second-order valence-corrected chi connectivity index (χ2v) is 7.50. The SMILES string of the molecule is O=C1NC(=O)C(=Cc2ccc3ncn(CCc4ccc(C(F)(F)F)cc4)c3c2)S1. The molecule has 4 rings (SSSR count). The van der Waals surface area contributed by atoms with E-state index in [0.717, 1.165) is 46.1 Å². The molecule has 1 aliphatic heterocycles. The normalized spacial score (nSPS) is 16.0. The van der Waals surface area contributed by atoms with Crippen molar-refractivity contribution in [3.63, 3.8) is 0 Å². The first-order chi connectivity index (χ1) is 13.8. The Hall–Kier alpha value is -3.07. The van der Waals surface area contributed by atoms with Gasteiger partial charge in [0.2, 0.25) is 0 Å². The molecule has 3 aromatic rings. The van der Waals surface area contributed by atoms with Gasteiger partial charge in [-0.2, -0.15) is 13.2 Å². The second kappa shape index (κ2) is 7.40. The maximum absolute atomic E-state index is 12.7. The van der Waals surface area contributed by atoms with Crippen LogP contribution in [0.1, 0.15) is 16.7 Å². The van der Waals surface area contributed by atoms with Crippen molar-refractivity contribution in [1.82, 2.24) is 14.9 Å². The molecule has 2 aromatic carbocycles. The smallest absolute Gasteiger partial charge is 0.330 e. The first kappa shape index (κ1) is 19.3. The molecule has 2 heterocycles. The predicted octanol–water partition coefficient (Wildman–Crippen LogP) is 4.62. The van der Waals surface area contributed by atoms with Crippen molar-refractivity contribution < 1.29 is 22.8 Å². The van der Waals surface area contributed by atoms with Gasteiger partial charge in [-0.05, 0) is 59.7 Å². The number of nitrogens with one attached hydrogen (secondary N) is 1. The molecule has 9 heteroatoms. The summed E-state index contributed by atoms with van der Waals surface area (Å²) in [6.07, 6.45) is -0.492. The molecule has 0 atom stereocenters. The minimum atomic E-state index is -4.34. The van der Waals surface area contributed by atoms with E-state index in [9.17, 15) is 22.8 Å². The molecular formula is C20H14F3N3O2S. The highest BCUT2D eigenvalue weighted by molar-refractivity contribution is 8.18. The van der Waals surface area contributed by atoms with E-state index in [-0.39, 0.29) is 0 Å². The number of imidazole rings is 1. The number of carbonyl (C=O) groups is 2. The lowest BCUT2D eigenvalue weighted by molar-refractivity contribution is -0.137. The molecule has 5 nitrogen and oxygen atoms in total. The van der Waals surface area contributed by atoms with Gasteiger partial charge in [-0.15, -0.1) is 0 Å². The number of aromatic nitrogens is 2. The summed E-state index contributed by atoms with van der Waals surface area (Å²) in [5, 5.41) is 1.81. The molecule has 0 saturated carbocycles. The average molecular weight is 417 g/mol. The Morgan fingerprint density at radius 3 is 2.52 bits per heavy atom. The Morgan fingerprint density at radius 1 is 1.10 bits per heavy atom. The van der Waals surface area contributed by atoms with Crippen molar-refractivity contribution in [3.8, 4) is 0 Å².